The van der Waals surface area contributed by atoms with Crippen molar-refractivity contribution < 1.29 is 29.0 Å². The molecular formula is C31H44N4O6. The molecule has 0 radical (unpaired) electrons. The van der Waals surface area contributed by atoms with Crippen LogP contribution in [0, 0.1) is 5.92 Å². The van der Waals surface area contributed by atoms with Crippen molar-refractivity contribution in [1.82, 2.24) is 20.9 Å². The van der Waals surface area contributed by atoms with Crippen LogP contribution in [0.5, 0.6) is 0 Å². The van der Waals surface area contributed by atoms with Gasteiger partial charge >= 0.3 is 5.97 Å². The molecule has 1 aliphatic rings. The van der Waals surface area contributed by atoms with Crippen molar-refractivity contribution in [2.24, 2.45) is 5.92 Å². The minimum atomic E-state index is -1.16. The molecule has 0 spiro atoms. The first-order valence-corrected chi connectivity index (χ1v) is 14.1. The van der Waals surface area contributed by atoms with Gasteiger partial charge in [-0.25, -0.2) is 4.79 Å². The van der Waals surface area contributed by atoms with E-state index in [1.807, 2.05) is 30.9 Å². The third-order valence-corrected chi connectivity index (χ3v) is 6.42. The molecule has 10 nitrogen and oxygen atoms in total. The number of aryl methyl sites for hydroxylation is 1. The van der Waals surface area contributed by atoms with E-state index in [9.17, 15) is 24.3 Å². The van der Waals surface area contributed by atoms with Crippen molar-refractivity contribution in [3.05, 3.63) is 71.8 Å². The molecule has 10 heteroatoms. The Balaban J connectivity index is 0.000000629. The number of hydrogen-bond donors (Lipinski definition) is 4. The van der Waals surface area contributed by atoms with Crippen LogP contribution < -0.4 is 16.0 Å². The van der Waals surface area contributed by atoms with Gasteiger partial charge in [-0.15, -0.1) is 0 Å². The van der Waals surface area contributed by atoms with E-state index in [2.05, 4.69) is 47.1 Å². The number of rotatable bonds is 13. The number of benzene rings is 2. The number of carboxylic acids is 1. The van der Waals surface area contributed by atoms with E-state index in [-0.39, 0.29) is 31.3 Å². The molecule has 2 atom stereocenters. The van der Waals surface area contributed by atoms with Crippen molar-refractivity contribution in [3.8, 4) is 0 Å². The number of amides is 3. The Morgan fingerprint density at radius 1 is 0.854 bits per heavy atom. The van der Waals surface area contributed by atoms with Gasteiger partial charge in [0.25, 0.3) is 0 Å². The van der Waals surface area contributed by atoms with Gasteiger partial charge in [0, 0.05) is 19.5 Å². The van der Waals surface area contributed by atoms with Crippen LogP contribution in [-0.2, 0) is 36.8 Å². The highest BCUT2D eigenvalue weighted by atomic mass is 16.5. The van der Waals surface area contributed by atoms with E-state index in [1.165, 1.54) is 5.56 Å². The number of ether oxygens (including phenoxy) is 1. The number of morpholine rings is 1. The van der Waals surface area contributed by atoms with Crippen LogP contribution in [0.2, 0.25) is 0 Å². The van der Waals surface area contributed by atoms with Crippen LogP contribution in [0.25, 0.3) is 0 Å². The van der Waals surface area contributed by atoms with Gasteiger partial charge in [0.2, 0.25) is 17.7 Å². The normalized spacial score (nSPS) is 14.6. The summed E-state index contributed by atoms with van der Waals surface area (Å²) in [5, 5.41) is 17.3. The molecule has 3 rings (SSSR count). The second-order valence-corrected chi connectivity index (χ2v) is 10.3. The lowest BCUT2D eigenvalue weighted by molar-refractivity contribution is -0.142. The largest absolute Gasteiger partial charge is 0.480 e. The Hall–Kier alpha value is -3.76. The van der Waals surface area contributed by atoms with Gasteiger partial charge in [-0.1, -0.05) is 81.4 Å². The lowest BCUT2D eigenvalue weighted by Crippen LogP contribution is -2.54. The SMILES string of the molecule is CC(C)C[C@H](NC(=O)CNC(=O)CN1CCOCC1)C(=O)N[C@@H](Cc1ccccc1)C(=O)O.CCc1ccccc1. The van der Waals surface area contributed by atoms with Gasteiger partial charge in [-0.05, 0) is 29.9 Å². The third-order valence-electron chi connectivity index (χ3n) is 6.42. The topological polar surface area (TPSA) is 137 Å². The maximum Gasteiger partial charge on any atom is 0.326 e. The number of carbonyl (C=O) groups is 4. The summed E-state index contributed by atoms with van der Waals surface area (Å²) in [5.74, 6) is -2.45. The summed E-state index contributed by atoms with van der Waals surface area (Å²) in [5.41, 5.74) is 2.19. The van der Waals surface area contributed by atoms with Gasteiger partial charge < -0.3 is 25.8 Å². The fourth-order valence-electron chi connectivity index (χ4n) is 4.18. The molecule has 0 aromatic heterocycles. The number of hydrogen-bond acceptors (Lipinski definition) is 6. The van der Waals surface area contributed by atoms with Crippen molar-refractivity contribution in [2.75, 3.05) is 39.4 Å². The first-order valence-electron chi connectivity index (χ1n) is 14.1. The smallest absolute Gasteiger partial charge is 0.326 e. The van der Waals surface area contributed by atoms with E-state index in [1.54, 1.807) is 24.3 Å². The zero-order valence-electron chi connectivity index (χ0n) is 24.3. The van der Waals surface area contributed by atoms with Crippen molar-refractivity contribution in [3.63, 3.8) is 0 Å². The van der Waals surface area contributed by atoms with Crippen LogP contribution in [0.3, 0.4) is 0 Å². The quantitative estimate of drug-likeness (QED) is 0.290. The minimum Gasteiger partial charge on any atom is -0.480 e. The average Bonchev–Trinajstić information content (AvgIpc) is 2.97. The molecule has 224 valence electrons. The van der Waals surface area contributed by atoms with Crippen LogP contribution in [0.4, 0.5) is 0 Å². The Labute approximate surface area is 242 Å². The third kappa shape index (κ3) is 13.9. The summed E-state index contributed by atoms with van der Waals surface area (Å²) < 4.78 is 5.24. The number of carboxylic acid groups (broad SMARTS) is 1. The van der Waals surface area contributed by atoms with Gasteiger partial charge in [0.1, 0.15) is 12.1 Å². The van der Waals surface area contributed by atoms with Crippen LogP contribution in [-0.4, -0.2) is 85.2 Å². The molecule has 0 unspecified atom stereocenters. The second kappa shape index (κ2) is 18.6. The van der Waals surface area contributed by atoms with E-state index in [0.29, 0.717) is 32.7 Å². The molecule has 1 aliphatic heterocycles. The first-order chi connectivity index (χ1) is 19.7. The number of nitrogens with zero attached hydrogens (tertiary/aromatic N) is 1. The van der Waals surface area contributed by atoms with Crippen molar-refractivity contribution >= 4 is 23.7 Å². The molecular weight excluding hydrogens is 524 g/mol. The summed E-state index contributed by atoms with van der Waals surface area (Å²) in [6.07, 6.45) is 1.60. The monoisotopic (exact) mass is 568 g/mol. The zero-order chi connectivity index (χ0) is 30.0. The van der Waals surface area contributed by atoms with Crippen LogP contribution >= 0.6 is 0 Å². The molecule has 41 heavy (non-hydrogen) atoms. The molecule has 4 N–H and O–H groups in total. The summed E-state index contributed by atoms with van der Waals surface area (Å²) in [6, 6.07) is 17.4. The minimum absolute atomic E-state index is 0.0781. The van der Waals surface area contributed by atoms with E-state index in [0.717, 1.165) is 12.0 Å². The summed E-state index contributed by atoms with van der Waals surface area (Å²) >= 11 is 0. The fraction of sp³-hybridized carbons (Fsp3) is 0.484. The maximum atomic E-state index is 12.8. The lowest BCUT2D eigenvalue weighted by atomic mass is 10.0. The molecule has 0 saturated carbocycles. The summed E-state index contributed by atoms with van der Waals surface area (Å²) in [4.78, 5) is 50.9. The van der Waals surface area contributed by atoms with Gasteiger partial charge in [0.05, 0.1) is 26.3 Å². The standard InChI is InChI=1S/C23H34N4O6.C8H10/c1-16(2)12-18(22(30)26-19(23(31)32)13-17-6-4-3-5-7-17)25-20(28)14-24-21(29)15-27-8-10-33-11-9-27;1-2-8-6-4-3-5-7-8/h3-7,16,18-19H,8-15H2,1-2H3,(H,24,29)(H,25,28)(H,26,30)(H,31,32);3-7H,2H2,1H3/t18-,19-;/m0./s1. The zero-order valence-corrected chi connectivity index (χ0v) is 24.3. The molecule has 0 bridgehead atoms. The van der Waals surface area contributed by atoms with Gasteiger partial charge in [0.15, 0.2) is 0 Å². The number of aliphatic carboxylic acids is 1. The Bertz CT molecular complexity index is 1070. The Kier molecular flexibility index (Phi) is 15.1. The number of carbonyl (C=O) groups excluding carboxylic acids is 3. The summed E-state index contributed by atoms with van der Waals surface area (Å²) in [7, 11) is 0. The van der Waals surface area contributed by atoms with Crippen LogP contribution in [0.15, 0.2) is 60.7 Å². The van der Waals surface area contributed by atoms with Gasteiger partial charge in [-0.2, -0.15) is 0 Å². The fourth-order valence-corrected chi connectivity index (χ4v) is 4.18. The van der Waals surface area contributed by atoms with E-state index in [4.69, 9.17) is 4.74 Å². The highest BCUT2D eigenvalue weighted by molar-refractivity contribution is 5.92. The lowest BCUT2D eigenvalue weighted by Gasteiger charge is -2.26. The van der Waals surface area contributed by atoms with Crippen molar-refractivity contribution in [2.45, 2.75) is 52.1 Å². The molecule has 1 saturated heterocycles. The maximum absolute atomic E-state index is 12.8. The van der Waals surface area contributed by atoms with Gasteiger partial charge in [-0.3, -0.25) is 19.3 Å². The second-order valence-electron chi connectivity index (χ2n) is 10.3. The highest BCUT2D eigenvalue weighted by Gasteiger charge is 2.27. The average molecular weight is 569 g/mol. The highest BCUT2D eigenvalue weighted by Crippen LogP contribution is 2.08. The van der Waals surface area contributed by atoms with Crippen LogP contribution in [0.1, 0.15) is 38.3 Å². The summed E-state index contributed by atoms with van der Waals surface area (Å²) in [6.45, 7) is 8.32. The van der Waals surface area contributed by atoms with E-state index >= 15 is 0 Å². The number of nitrogens with one attached hydrogen (secondary N) is 3. The Morgan fingerprint density at radius 2 is 1.44 bits per heavy atom. The molecule has 3 amide bonds. The molecule has 2 aromatic carbocycles. The van der Waals surface area contributed by atoms with Crippen molar-refractivity contribution in [1.29, 1.82) is 0 Å². The Morgan fingerprint density at radius 3 is 1.95 bits per heavy atom. The predicted octanol–water partition coefficient (Wildman–Crippen LogP) is 2.03. The van der Waals surface area contributed by atoms with E-state index < -0.39 is 29.9 Å². The predicted molar refractivity (Wildman–Crippen MR) is 157 cm³/mol. The molecule has 1 fully saturated rings. The molecule has 1 heterocycles. The first kappa shape index (κ1) is 33.4. The molecule has 0 aliphatic carbocycles. The molecule has 2 aromatic rings.